The van der Waals surface area contributed by atoms with Gasteiger partial charge in [0.25, 0.3) is 0 Å². The van der Waals surface area contributed by atoms with Gasteiger partial charge in [0.1, 0.15) is 0 Å². The second-order valence-corrected chi connectivity index (χ2v) is 9.92. The average molecular weight is 399 g/mol. The third kappa shape index (κ3) is 3.88. The first-order valence-corrected chi connectivity index (χ1v) is 11.9. The van der Waals surface area contributed by atoms with Crippen LogP contribution in [0.1, 0.15) is 38.2 Å². The molecule has 1 atom stereocenters. The number of hydrogen-bond donors (Lipinski definition) is 0. The summed E-state index contributed by atoms with van der Waals surface area (Å²) in [6, 6.07) is 16.5. The number of rotatable bonds is 6. The molecule has 5 heteroatoms. The highest BCUT2D eigenvalue weighted by Gasteiger charge is 2.32. The molecule has 2 aromatic rings. The average Bonchev–Trinajstić information content (AvgIpc) is 3.39. The van der Waals surface area contributed by atoms with Gasteiger partial charge in [-0.05, 0) is 56.7 Å². The Kier molecular flexibility index (Phi) is 5.85. The van der Waals surface area contributed by atoms with Gasteiger partial charge in [-0.25, -0.2) is 8.42 Å². The van der Waals surface area contributed by atoms with Crippen molar-refractivity contribution < 1.29 is 8.42 Å². The minimum absolute atomic E-state index is 0.523. The summed E-state index contributed by atoms with van der Waals surface area (Å²) < 4.78 is 28.9. The first-order chi connectivity index (χ1) is 13.6. The molecule has 0 spiro atoms. The third-order valence-corrected chi connectivity index (χ3v) is 8.25. The number of benzene rings is 2. The zero-order chi connectivity index (χ0) is 19.6. The highest BCUT2D eigenvalue weighted by molar-refractivity contribution is 7.89. The van der Waals surface area contributed by atoms with Crippen LogP contribution in [0.5, 0.6) is 0 Å². The molecule has 0 aromatic heterocycles. The first-order valence-electron chi connectivity index (χ1n) is 10.5. The van der Waals surface area contributed by atoms with Crippen LogP contribution in [0.25, 0.3) is 11.1 Å². The van der Waals surface area contributed by atoms with Crippen LogP contribution in [0, 0.1) is 0 Å². The normalized spacial score (nSPS) is 21.4. The lowest BCUT2D eigenvalue weighted by molar-refractivity contribution is 0.272. The Labute approximate surface area is 169 Å². The van der Waals surface area contributed by atoms with Crippen molar-refractivity contribution in [2.24, 2.45) is 0 Å². The van der Waals surface area contributed by atoms with Gasteiger partial charge < -0.3 is 4.90 Å². The summed E-state index contributed by atoms with van der Waals surface area (Å²) in [6.45, 7) is 5.58. The molecule has 1 unspecified atom stereocenters. The Morgan fingerprint density at radius 3 is 2.36 bits per heavy atom. The van der Waals surface area contributed by atoms with Crippen LogP contribution in [0.15, 0.2) is 53.4 Å². The molecule has 2 saturated heterocycles. The molecule has 0 radical (unpaired) electrons. The van der Waals surface area contributed by atoms with E-state index in [2.05, 4.69) is 11.8 Å². The number of hydrogen-bond acceptors (Lipinski definition) is 3. The molecule has 2 aliphatic rings. The SMILES string of the molecule is CC1CCCN1CCc1cccc(-c2ccccc2)c1S(=O)(=O)N1CCCC1. The van der Waals surface area contributed by atoms with Crippen LogP contribution < -0.4 is 0 Å². The largest absolute Gasteiger partial charge is 0.300 e. The van der Waals surface area contributed by atoms with Crippen molar-refractivity contribution in [2.75, 3.05) is 26.2 Å². The fourth-order valence-corrected chi connectivity index (χ4v) is 6.54. The monoisotopic (exact) mass is 398 g/mol. The number of likely N-dealkylation sites (tertiary alicyclic amines) is 1. The van der Waals surface area contributed by atoms with Gasteiger partial charge in [0.05, 0.1) is 4.90 Å². The second kappa shape index (κ2) is 8.36. The molecule has 0 N–H and O–H groups in total. The fourth-order valence-electron chi connectivity index (χ4n) is 4.58. The summed E-state index contributed by atoms with van der Waals surface area (Å²) in [5.41, 5.74) is 2.75. The lowest BCUT2D eigenvalue weighted by Gasteiger charge is -2.24. The lowest BCUT2D eigenvalue weighted by atomic mass is 10.0. The molecule has 4 rings (SSSR count). The summed E-state index contributed by atoms with van der Waals surface area (Å²) in [7, 11) is -3.49. The van der Waals surface area contributed by atoms with Crippen molar-refractivity contribution in [2.45, 2.75) is 50.0 Å². The Bertz CT molecular complexity index is 905. The van der Waals surface area contributed by atoms with Gasteiger partial charge in [-0.15, -0.1) is 0 Å². The molecule has 2 heterocycles. The van der Waals surface area contributed by atoms with E-state index in [1.54, 1.807) is 4.31 Å². The zero-order valence-corrected chi connectivity index (χ0v) is 17.5. The predicted octanol–water partition coefficient (Wildman–Crippen LogP) is 4.16. The molecule has 2 aromatic carbocycles. The van der Waals surface area contributed by atoms with E-state index in [-0.39, 0.29) is 0 Å². The quantitative estimate of drug-likeness (QED) is 0.733. The van der Waals surface area contributed by atoms with Crippen molar-refractivity contribution >= 4 is 10.0 Å². The predicted molar refractivity (Wildman–Crippen MR) is 114 cm³/mol. The van der Waals surface area contributed by atoms with Crippen LogP contribution in [0.2, 0.25) is 0 Å². The van der Waals surface area contributed by atoms with Crippen molar-refractivity contribution in [1.82, 2.24) is 9.21 Å². The van der Waals surface area contributed by atoms with Gasteiger partial charge in [-0.2, -0.15) is 4.31 Å². The summed E-state index contributed by atoms with van der Waals surface area (Å²) in [5.74, 6) is 0. The van der Waals surface area contributed by atoms with Crippen molar-refractivity contribution in [3.05, 3.63) is 54.1 Å². The van der Waals surface area contributed by atoms with Crippen LogP contribution in [-0.2, 0) is 16.4 Å². The van der Waals surface area contributed by atoms with E-state index in [0.29, 0.717) is 24.0 Å². The summed E-state index contributed by atoms with van der Waals surface area (Å²) in [4.78, 5) is 3.01. The minimum atomic E-state index is -3.49. The minimum Gasteiger partial charge on any atom is -0.300 e. The van der Waals surface area contributed by atoms with Gasteiger partial charge in [-0.3, -0.25) is 0 Å². The molecule has 0 aliphatic carbocycles. The molecule has 150 valence electrons. The maximum absolute atomic E-state index is 13.6. The Hall–Kier alpha value is -1.69. The van der Waals surface area contributed by atoms with Crippen LogP contribution in [-0.4, -0.2) is 49.8 Å². The van der Waals surface area contributed by atoms with Crippen LogP contribution >= 0.6 is 0 Å². The van der Waals surface area contributed by atoms with Crippen molar-refractivity contribution in [1.29, 1.82) is 0 Å². The topological polar surface area (TPSA) is 40.6 Å². The van der Waals surface area contributed by atoms with Crippen LogP contribution in [0.3, 0.4) is 0 Å². The van der Waals surface area contributed by atoms with E-state index in [1.807, 2.05) is 48.5 Å². The lowest BCUT2D eigenvalue weighted by Crippen LogP contribution is -2.31. The summed E-state index contributed by atoms with van der Waals surface area (Å²) >= 11 is 0. The van der Waals surface area contributed by atoms with Gasteiger partial charge in [-0.1, -0.05) is 48.5 Å². The highest BCUT2D eigenvalue weighted by Crippen LogP contribution is 2.34. The fraction of sp³-hybridized carbons (Fsp3) is 0.478. The Balaban J connectivity index is 1.75. The van der Waals surface area contributed by atoms with E-state index in [1.165, 1.54) is 12.8 Å². The summed E-state index contributed by atoms with van der Waals surface area (Å²) in [5, 5.41) is 0. The molecular weight excluding hydrogens is 368 g/mol. The number of sulfonamides is 1. The first kappa shape index (κ1) is 19.6. The molecule has 28 heavy (non-hydrogen) atoms. The molecular formula is C23H30N2O2S. The van der Waals surface area contributed by atoms with Crippen LogP contribution in [0.4, 0.5) is 0 Å². The molecule has 0 amide bonds. The highest BCUT2D eigenvalue weighted by atomic mass is 32.2. The molecule has 0 bridgehead atoms. The van der Waals surface area contributed by atoms with Gasteiger partial charge >= 0.3 is 0 Å². The zero-order valence-electron chi connectivity index (χ0n) is 16.7. The Morgan fingerprint density at radius 2 is 1.68 bits per heavy atom. The maximum Gasteiger partial charge on any atom is 0.243 e. The van der Waals surface area contributed by atoms with Crippen molar-refractivity contribution in [3.8, 4) is 11.1 Å². The van der Waals surface area contributed by atoms with E-state index in [9.17, 15) is 8.42 Å². The van der Waals surface area contributed by atoms with Gasteiger partial charge in [0.15, 0.2) is 0 Å². The molecule has 4 nitrogen and oxygen atoms in total. The van der Waals surface area contributed by atoms with Gasteiger partial charge in [0, 0.05) is 31.2 Å². The molecule has 0 saturated carbocycles. The van der Waals surface area contributed by atoms with E-state index in [4.69, 9.17) is 0 Å². The summed E-state index contributed by atoms with van der Waals surface area (Å²) in [6.07, 6.45) is 5.15. The van der Waals surface area contributed by atoms with E-state index >= 15 is 0 Å². The Morgan fingerprint density at radius 1 is 0.929 bits per heavy atom. The van der Waals surface area contributed by atoms with Crippen molar-refractivity contribution in [3.63, 3.8) is 0 Å². The van der Waals surface area contributed by atoms with E-state index in [0.717, 1.165) is 49.0 Å². The standard InChI is InChI=1S/C23H30N2O2S/c1-19-9-8-15-24(19)18-14-21-12-7-13-22(20-10-3-2-4-11-20)23(21)28(26,27)25-16-5-6-17-25/h2-4,7,10-13,19H,5-6,8-9,14-18H2,1H3. The molecule has 2 aliphatic heterocycles. The number of nitrogens with zero attached hydrogens (tertiary/aromatic N) is 2. The second-order valence-electron chi connectivity index (χ2n) is 8.05. The molecule has 2 fully saturated rings. The van der Waals surface area contributed by atoms with Gasteiger partial charge in [0.2, 0.25) is 10.0 Å². The van der Waals surface area contributed by atoms with E-state index < -0.39 is 10.0 Å². The smallest absolute Gasteiger partial charge is 0.243 e. The third-order valence-electron chi connectivity index (χ3n) is 6.20. The maximum atomic E-state index is 13.6.